The molecule has 0 aliphatic carbocycles. The topological polar surface area (TPSA) is 22.0 Å². The quantitative estimate of drug-likeness (QED) is 0.683. The normalized spacial score (nSPS) is 12.8. The molecular formula is C10H14ClNO. The summed E-state index contributed by atoms with van der Waals surface area (Å²) in [6.07, 6.45) is 0. The van der Waals surface area contributed by atoms with E-state index < -0.39 is 0 Å². The number of aromatic nitrogens is 1. The molecule has 0 saturated carbocycles. The molecular weight excluding hydrogens is 186 g/mol. The van der Waals surface area contributed by atoms with Crippen molar-refractivity contribution in [3.63, 3.8) is 0 Å². The van der Waals surface area contributed by atoms with Crippen LogP contribution < -0.4 is 5.56 Å². The lowest BCUT2D eigenvalue weighted by atomic mass is 10.2. The average Bonchev–Trinajstić information content (AvgIpc) is 2.11. The molecule has 72 valence electrons. The maximum Gasteiger partial charge on any atom is 0.250 e. The Kier molecular flexibility index (Phi) is 3.55. The highest BCUT2D eigenvalue weighted by Crippen LogP contribution is 2.03. The molecule has 0 radical (unpaired) electrons. The van der Waals surface area contributed by atoms with Crippen LogP contribution in [0.4, 0.5) is 0 Å². The van der Waals surface area contributed by atoms with E-state index in [-0.39, 0.29) is 5.56 Å². The van der Waals surface area contributed by atoms with Gasteiger partial charge in [0.2, 0.25) is 0 Å². The zero-order valence-corrected chi connectivity index (χ0v) is 8.71. The molecule has 1 unspecified atom stereocenters. The molecule has 0 bridgehead atoms. The fraction of sp³-hybridized carbons (Fsp3) is 0.500. The van der Waals surface area contributed by atoms with E-state index in [9.17, 15) is 4.79 Å². The van der Waals surface area contributed by atoms with Crippen LogP contribution in [0.3, 0.4) is 0 Å². The average molecular weight is 200 g/mol. The molecule has 1 heterocycles. The summed E-state index contributed by atoms with van der Waals surface area (Å²) in [6.45, 7) is 4.67. The number of hydrogen-bond donors (Lipinski definition) is 0. The smallest absolute Gasteiger partial charge is 0.250 e. The van der Waals surface area contributed by atoms with Crippen molar-refractivity contribution in [3.8, 4) is 0 Å². The van der Waals surface area contributed by atoms with E-state index in [0.29, 0.717) is 18.3 Å². The second-order valence-corrected chi connectivity index (χ2v) is 3.68. The minimum absolute atomic E-state index is 0.0527. The van der Waals surface area contributed by atoms with Crippen LogP contribution in [-0.2, 0) is 6.54 Å². The SMILES string of the molecule is Cc1cccc(=O)n1CC(C)CCl. The Hall–Kier alpha value is -0.760. The van der Waals surface area contributed by atoms with Crippen LogP contribution in [0.2, 0.25) is 0 Å². The van der Waals surface area contributed by atoms with Gasteiger partial charge in [-0.3, -0.25) is 4.79 Å². The summed E-state index contributed by atoms with van der Waals surface area (Å²) >= 11 is 5.69. The fourth-order valence-corrected chi connectivity index (χ4v) is 1.32. The predicted molar refractivity (Wildman–Crippen MR) is 55.3 cm³/mol. The molecule has 0 aromatic carbocycles. The highest BCUT2D eigenvalue weighted by atomic mass is 35.5. The Morgan fingerprint density at radius 2 is 2.23 bits per heavy atom. The van der Waals surface area contributed by atoms with Gasteiger partial charge in [0, 0.05) is 24.2 Å². The molecule has 0 aliphatic heterocycles. The Bertz CT molecular complexity index is 332. The van der Waals surface area contributed by atoms with Gasteiger partial charge in [0.15, 0.2) is 0 Å². The van der Waals surface area contributed by atoms with E-state index in [2.05, 4.69) is 0 Å². The molecule has 0 saturated heterocycles. The van der Waals surface area contributed by atoms with E-state index in [1.807, 2.05) is 19.9 Å². The second-order valence-electron chi connectivity index (χ2n) is 3.38. The number of rotatable bonds is 3. The number of aryl methyl sites for hydroxylation is 1. The monoisotopic (exact) mass is 199 g/mol. The van der Waals surface area contributed by atoms with Crippen LogP contribution in [0.5, 0.6) is 0 Å². The maximum atomic E-state index is 11.4. The molecule has 0 amide bonds. The van der Waals surface area contributed by atoms with Gasteiger partial charge in [-0.1, -0.05) is 13.0 Å². The number of halogens is 1. The first kappa shape index (κ1) is 10.3. The third-order valence-corrected chi connectivity index (χ3v) is 2.55. The standard InChI is InChI=1S/C10H14ClNO/c1-8(6-11)7-12-9(2)4-3-5-10(12)13/h3-5,8H,6-7H2,1-2H3. The summed E-state index contributed by atoms with van der Waals surface area (Å²) in [7, 11) is 0. The number of alkyl halides is 1. The lowest BCUT2D eigenvalue weighted by Crippen LogP contribution is -2.24. The van der Waals surface area contributed by atoms with Crippen molar-refractivity contribution in [1.82, 2.24) is 4.57 Å². The largest absolute Gasteiger partial charge is 0.313 e. The van der Waals surface area contributed by atoms with Crippen molar-refractivity contribution >= 4 is 11.6 Å². The van der Waals surface area contributed by atoms with Gasteiger partial charge in [-0.05, 0) is 18.9 Å². The van der Waals surface area contributed by atoms with Gasteiger partial charge in [0.25, 0.3) is 5.56 Å². The summed E-state index contributed by atoms with van der Waals surface area (Å²) in [4.78, 5) is 11.4. The van der Waals surface area contributed by atoms with Crippen LogP contribution >= 0.6 is 11.6 Å². The first-order chi connectivity index (χ1) is 6.15. The maximum absolute atomic E-state index is 11.4. The van der Waals surface area contributed by atoms with Crippen molar-refractivity contribution in [2.24, 2.45) is 5.92 Å². The van der Waals surface area contributed by atoms with E-state index >= 15 is 0 Å². The van der Waals surface area contributed by atoms with Gasteiger partial charge in [0.05, 0.1) is 0 Å². The van der Waals surface area contributed by atoms with Gasteiger partial charge >= 0.3 is 0 Å². The van der Waals surface area contributed by atoms with Crippen LogP contribution in [0.15, 0.2) is 23.0 Å². The Labute approximate surface area is 83.2 Å². The lowest BCUT2D eigenvalue weighted by molar-refractivity contribution is 0.507. The van der Waals surface area contributed by atoms with Crippen molar-refractivity contribution in [3.05, 3.63) is 34.2 Å². The second kappa shape index (κ2) is 4.47. The highest BCUT2D eigenvalue weighted by molar-refractivity contribution is 6.18. The summed E-state index contributed by atoms with van der Waals surface area (Å²) in [5, 5.41) is 0. The van der Waals surface area contributed by atoms with Gasteiger partial charge < -0.3 is 4.57 Å². The molecule has 1 atom stereocenters. The number of pyridine rings is 1. The van der Waals surface area contributed by atoms with Gasteiger partial charge in [-0.25, -0.2) is 0 Å². The first-order valence-corrected chi connectivity index (χ1v) is 4.91. The molecule has 1 rings (SSSR count). The van der Waals surface area contributed by atoms with Crippen molar-refractivity contribution in [2.75, 3.05) is 5.88 Å². The van der Waals surface area contributed by atoms with Crippen LogP contribution in [0.1, 0.15) is 12.6 Å². The van der Waals surface area contributed by atoms with Crippen molar-refractivity contribution in [1.29, 1.82) is 0 Å². The molecule has 1 aromatic rings. The van der Waals surface area contributed by atoms with Crippen molar-refractivity contribution in [2.45, 2.75) is 20.4 Å². The minimum Gasteiger partial charge on any atom is -0.313 e. The van der Waals surface area contributed by atoms with Crippen LogP contribution in [0, 0.1) is 12.8 Å². The number of hydrogen-bond acceptors (Lipinski definition) is 1. The van der Waals surface area contributed by atoms with Gasteiger partial charge in [-0.2, -0.15) is 0 Å². The van der Waals surface area contributed by atoms with Crippen LogP contribution in [-0.4, -0.2) is 10.4 Å². The Balaban J connectivity index is 2.93. The van der Waals surface area contributed by atoms with Gasteiger partial charge in [0.1, 0.15) is 0 Å². The first-order valence-electron chi connectivity index (χ1n) is 4.37. The molecule has 0 aliphatic rings. The molecule has 3 heteroatoms. The fourth-order valence-electron chi connectivity index (χ4n) is 1.22. The van der Waals surface area contributed by atoms with Gasteiger partial charge in [-0.15, -0.1) is 11.6 Å². The zero-order valence-electron chi connectivity index (χ0n) is 7.96. The third-order valence-electron chi connectivity index (χ3n) is 2.03. The van der Waals surface area contributed by atoms with Crippen LogP contribution in [0.25, 0.3) is 0 Å². The Morgan fingerprint density at radius 3 is 2.77 bits per heavy atom. The zero-order chi connectivity index (χ0) is 9.84. The molecule has 0 fully saturated rings. The molecule has 0 N–H and O–H groups in total. The highest BCUT2D eigenvalue weighted by Gasteiger charge is 2.04. The summed E-state index contributed by atoms with van der Waals surface area (Å²) in [5.41, 5.74) is 1.04. The minimum atomic E-state index is 0.0527. The Morgan fingerprint density at radius 1 is 1.54 bits per heavy atom. The molecule has 1 aromatic heterocycles. The summed E-state index contributed by atoms with van der Waals surface area (Å²) in [5.74, 6) is 0.918. The summed E-state index contributed by atoms with van der Waals surface area (Å²) in [6, 6.07) is 5.29. The molecule has 2 nitrogen and oxygen atoms in total. The summed E-state index contributed by atoms with van der Waals surface area (Å²) < 4.78 is 1.76. The number of nitrogens with zero attached hydrogens (tertiary/aromatic N) is 1. The van der Waals surface area contributed by atoms with E-state index in [0.717, 1.165) is 5.69 Å². The lowest BCUT2D eigenvalue weighted by Gasteiger charge is -2.12. The van der Waals surface area contributed by atoms with E-state index in [1.54, 1.807) is 16.7 Å². The molecule has 0 spiro atoms. The van der Waals surface area contributed by atoms with E-state index in [4.69, 9.17) is 11.6 Å². The van der Waals surface area contributed by atoms with Crippen molar-refractivity contribution < 1.29 is 0 Å². The predicted octanol–water partition coefficient (Wildman–Crippen LogP) is 2.03. The molecule has 13 heavy (non-hydrogen) atoms. The van der Waals surface area contributed by atoms with E-state index in [1.165, 1.54) is 0 Å². The third kappa shape index (κ3) is 2.59.